The first-order valence-corrected chi connectivity index (χ1v) is 8.17. The number of aryl methyl sites for hydroxylation is 1. The van der Waals surface area contributed by atoms with Crippen molar-refractivity contribution in [3.63, 3.8) is 0 Å². The minimum atomic E-state index is -0.271. The van der Waals surface area contributed by atoms with Crippen LogP contribution in [0.15, 0.2) is 47.4 Å². The lowest BCUT2D eigenvalue weighted by molar-refractivity contribution is 0.248. The molecule has 2 aromatic rings. The molecule has 1 heterocycles. The molecule has 0 fully saturated rings. The number of carbonyl (C=O) groups is 1. The summed E-state index contributed by atoms with van der Waals surface area (Å²) in [6, 6.07) is 11.9. The number of fused-ring (bicyclic) bond motifs is 1. The molecule has 0 saturated heterocycles. The molecule has 2 N–H and O–H groups in total. The highest BCUT2D eigenvalue weighted by Gasteiger charge is 2.22. The number of rotatable bonds is 2. The highest BCUT2D eigenvalue weighted by Crippen LogP contribution is 2.36. The number of benzene rings is 2. The van der Waals surface area contributed by atoms with E-state index in [-0.39, 0.29) is 17.9 Å². The van der Waals surface area contributed by atoms with Gasteiger partial charge in [-0.3, -0.25) is 0 Å². The van der Waals surface area contributed by atoms with Gasteiger partial charge in [-0.1, -0.05) is 17.7 Å². The fraction of sp³-hybridized carbons (Fsp3) is 0.235. The van der Waals surface area contributed by atoms with Crippen molar-refractivity contribution in [2.45, 2.75) is 24.3 Å². The molecular weight excluding hydrogens is 299 g/mol. The minimum Gasteiger partial charge on any atom is -0.331 e. The van der Waals surface area contributed by atoms with E-state index in [9.17, 15) is 9.18 Å². The van der Waals surface area contributed by atoms with Crippen LogP contribution in [0.3, 0.4) is 0 Å². The van der Waals surface area contributed by atoms with E-state index in [1.54, 1.807) is 17.8 Å². The molecule has 1 aliphatic rings. The summed E-state index contributed by atoms with van der Waals surface area (Å²) in [6.07, 6.45) is 0.794. The van der Waals surface area contributed by atoms with E-state index in [0.717, 1.165) is 33.9 Å². The van der Waals surface area contributed by atoms with Crippen molar-refractivity contribution >= 4 is 23.5 Å². The third-order valence-electron chi connectivity index (χ3n) is 3.63. The van der Waals surface area contributed by atoms with Crippen LogP contribution in [0.25, 0.3) is 0 Å². The fourth-order valence-corrected chi connectivity index (χ4v) is 3.58. The lowest BCUT2D eigenvalue weighted by Gasteiger charge is -2.26. The first kappa shape index (κ1) is 14.9. The summed E-state index contributed by atoms with van der Waals surface area (Å²) in [6.45, 7) is 2.00. The SMILES string of the molecule is Cc1ccc(NC(=O)N[C@H]2CCSc3ccc(F)cc32)cc1. The van der Waals surface area contributed by atoms with Gasteiger partial charge in [0, 0.05) is 16.3 Å². The number of thioether (sulfide) groups is 1. The zero-order valence-electron chi connectivity index (χ0n) is 12.2. The monoisotopic (exact) mass is 316 g/mol. The molecule has 0 spiro atoms. The van der Waals surface area contributed by atoms with Gasteiger partial charge in [0.25, 0.3) is 0 Å². The number of carbonyl (C=O) groups excluding carboxylic acids is 1. The topological polar surface area (TPSA) is 41.1 Å². The predicted molar refractivity (Wildman–Crippen MR) is 87.8 cm³/mol. The van der Waals surface area contributed by atoms with E-state index in [2.05, 4.69) is 10.6 Å². The molecule has 0 saturated carbocycles. The molecule has 3 rings (SSSR count). The maximum atomic E-state index is 13.5. The Hall–Kier alpha value is -2.01. The van der Waals surface area contributed by atoms with Crippen molar-refractivity contribution in [2.24, 2.45) is 0 Å². The van der Waals surface area contributed by atoms with Crippen LogP contribution >= 0.6 is 11.8 Å². The van der Waals surface area contributed by atoms with Crippen molar-refractivity contribution in [1.29, 1.82) is 0 Å². The number of hydrogen-bond acceptors (Lipinski definition) is 2. The summed E-state index contributed by atoms with van der Waals surface area (Å²) in [7, 11) is 0. The lowest BCUT2D eigenvalue weighted by atomic mass is 10.0. The Morgan fingerprint density at radius 1 is 1.23 bits per heavy atom. The zero-order valence-corrected chi connectivity index (χ0v) is 13.0. The Morgan fingerprint density at radius 2 is 2.00 bits per heavy atom. The van der Waals surface area contributed by atoms with Crippen molar-refractivity contribution in [1.82, 2.24) is 5.32 Å². The summed E-state index contributed by atoms with van der Waals surface area (Å²) in [4.78, 5) is 13.2. The third-order valence-corrected chi connectivity index (χ3v) is 4.75. The molecule has 0 radical (unpaired) electrons. The van der Waals surface area contributed by atoms with Crippen LogP contribution < -0.4 is 10.6 Å². The Labute approximate surface area is 133 Å². The number of amides is 2. The lowest BCUT2D eigenvalue weighted by Crippen LogP contribution is -2.34. The molecule has 0 aliphatic carbocycles. The molecule has 1 aliphatic heterocycles. The molecule has 3 nitrogen and oxygen atoms in total. The predicted octanol–water partition coefficient (Wildman–Crippen LogP) is 4.49. The van der Waals surface area contributed by atoms with Crippen LogP contribution in [-0.2, 0) is 0 Å². The largest absolute Gasteiger partial charge is 0.331 e. The van der Waals surface area contributed by atoms with Crippen LogP contribution in [0.4, 0.5) is 14.9 Å². The van der Waals surface area contributed by atoms with E-state index in [4.69, 9.17) is 0 Å². The average Bonchev–Trinajstić information content (AvgIpc) is 2.50. The van der Waals surface area contributed by atoms with E-state index in [1.165, 1.54) is 12.1 Å². The second-order valence-electron chi connectivity index (χ2n) is 5.34. The number of anilines is 1. The van der Waals surface area contributed by atoms with Crippen LogP contribution in [0, 0.1) is 12.7 Å². The summed E-state index contributed by atoms with van der Waals surface area (Å²) in [5, 5.41) is 5.75. The Kier molecular flexibility index (Phi) is 4.34. The number of urea groups is 1. The second kappa shape index (κ2) is 6.40. The van der Waals surface area contributed by atoms with Crippen LogP contribution in [0.1, 0.15) is 23.6 Å². The second-order valence-corrected chi connectivity index (χ2v) is 6.47. The summed E-state index contributed by atoms with van der Waals surface area (Å²) in [5.74, 6) is 0.640. The number of hydrogen-bond donors (Lipinski definition) is 2. The number of nitrogens with one attached hydrogen (secondary N) is 2. The quantitative estimate of drug-likeness (QED) is 0.857. The van der Waals surface area contributed by atoms with Crippen LogP contribution in [0.2, 0.25) is 0 Å². The highest BCUT2D eigenvalue weighted by molar-refractivity contribution is 7.99. The Morgan fingerprint density at radius 3 is 2.77 bits per heavy atom. The van der Waals surface area contributed by atoms with Crippen molar-refractivity contribution in [3.05, 3.63) is 59.4 Å². The van der Waals surface area contributed by atoms with Gasteiger partial charge in [0.1, 0.15) is 5.82 Å². The summed E-state index contributed by atoms with van der Waals surface area (Å²) >= 11 is 1.70. The van der Waals surface area contributed by atoms with Crippen molar-refractivity contribution in [3.8, 4) is 0 Å². The molecule has 2 aromatic carbocycles. The van der Waals surface area contributed by atoms with E-state index in [0.29, 0.717) is 0 Å². The fourth-order valence-electron chi connectivity index (χ4n) is 2.48. The van der Waals surface area contributed by atoms with Gasteiger partial charge < -0.3 is 10.6 Å². The zero-order chi connectivity index (χ0) is 15.5. The molecule has 5 heteroatoms. The third kappa shape index (κ3) is 3.42. The first-order valence-electron chi connectivity index (χ1n) is 7.18. The standard InChI is InChI=1S/C17H17FN2OS/c1-11-2-5-13(6-3-11)19-17(21)20-15-8-9-22-16-7-4-12(18)10-14(15)16/h2-7,10,15H,8-9H2,1H3,(H2,19,20,21)/t15-/m0/s1. The molecular formula is C17H17FN2OS. The normalized spacial score (nSPS) is 16.7. The van der Waals surface area contributed by atoms with Gasteiger partial charge in [-0.25, -0.2) is 9.18 Å². The van der Waals surface area contributed by atoms with E-state index in [1.807, 2.05) is 31.2 Å². The van der Waals surface area contributed by atoms with Gasteiger partial charge >= 0.3 is 6.03 Å². The molecule has 1 atom stereocenters. The van der Waals surface area contributed by atoms with Gasteiger partial charge in [-0.15, -0.1) is 11.8 Å². The Bertz CT molecular complexity index is 688. The van der Waals surface area contributed by atoms with Gasteiger partial charge in [-0.05, 0) is 49.2 Å². The molecule has 0 unspecified atom stereocenters. The van der Waals surface area contributed by atoms with Crippen molar-refractivity contribution in [2.75, 3.05) is 11.1 Å². The molecule has 0 bridgehead atoms. The highest BCUT2D eigenvalue weighted by atomic mass is 32.2. The molecule has 0 aromatic heterocycles. The van der Waals surface area contributed by atoms with Gasteiger partial charge in [-0.2, -0.15) is 0 Å². The van der Waals surface area contributed by atoms with E-state index < -0.39 is 0 Å². The smallest absolute Gasteiger partial charge is 0.319 e. The molecule has 22 heavy (non-hydrogen) atoms. The molecule has 2 amide bonds. The van der Waals surface area contributed by atoms with Crippen molar-refractivity contribution < 1.29 is 9.18 Å². The number of halogens is 1. The minimum absolute atomic E-state index is 0.155. The van der Waals surface area contributed by atoms with Crippen LogP contribution in [-0.4, -0.2) is 11.8 Å². The van der Waals surface area contributed by atoms with Gasteiger partial charge in [0.15, 0.2) is 0 Å². The van der Waals surface area contributed by atoms with Gasteiger partial charge in [0.05, 0.1) is 6.04 Å². The maximum Gasteiger partial charge on any atom is 0.319 e. The maximum absolute atomic E-state index is 13.5. The average molecular weight is 316 g/mol. The Balaban J connectivity index is 1.70. The first-order chi connectivity index (χ1) is 10.6. The van der Waals surface area contributed by atoms with Gasteiger partial charge in [0.2, 0.25) is 0 Å². The summed E-state index contributed by atoms with van der Waals surface area (Å²) in [5.41, 5.74) is 2.74. The molecule has 114 valence electrons. The van der Waals surface area contributed by atoms with Crippen LogP contribution in [0.5, 0.6) is 0 Å². The van der Waals surface area contributed by atoms with E-state index >= 15 is 0 Å². The summed E-state index contributed by atoms with van der Waals surface area (Å²) < 4.78 is 13.5.